The predicted molar refractivity (Wildman–Crippen MR) is 63.2 cm³/mol. The van der Waals surface area contributed by atoms with Crippen LogP contribution < -0.4 is 0 Å². The molecule has 2 nitrogen and oxygen atoms in total. The molecule has 0 aromatic heterocycles. The first-order chi connectivity index (χ1) is 8.29. The SMILES string of the molecule is CC(Cl)C(=O)N(Cc1ccccc1)CC(F)(F)F. The lowest BCUT2D eigenvalue weighted by molar-refractivity contribution is -0.162. The molecule has 1 aromatic rings. The summed E-state index contributed by atoms with van der Waals surface area (Å²) in [6, 6.07) is 8.49. The molecule has 18 heavy (non-hydrogen) atoms. The van der Waals surface area contributed by atoms with Gasteiger partial charge in [0.1, 0.15) is 11.9 Å². The number of alkyl halides is 4. The average molecular weight is 280 g/mol. The molecule has 0 aliphatic rings. The minimum Gasteiger partial charge on any atom is -0.328 e. The highest BCUT2D eigenvalue weighted by Crippen LogP contribution is 2.19. The topological polar surface area (TPSA) is 20.3 Å². The Bertz CT molecular complexity index is 392. The minimum absolute atomic E-state index is 0.101. The smallest absolute Gasteiger partial charge is 0.328 e. The molecule has 0 bridgehead atoms. The largest absolute Gasteiger partial charge is 0.406 e. The molecule has 0 saturated carbocycles. The molecule has 1 unspecified atom stereocenters. The van der Waals surface area contributed by atoms with Crippen LogP contribution in [-0.4, -0.2) is 28.9 Å². The second-order valence-electron chi connectivity index (χ2n) is 3.91. The molecule has 0 radical (unpaired) electrons. The Morgan fingerprint density at radius 1 is 1.33 bits per heavy atom. The molecule has 0 aliphatic heterocycles. The quantitative estimate of drug-likeness (QED) is 0.775. The lowest BCUT2D eigenvalue weighted by atomic mass is 10.2. The number of carbonyl (C=O) groups excluding carboxylic acids is 1. The van der Waals surface area contributed by atoms with Crippen LogP contribution >= 0.6 is 11.6 Å². The van der Waals surface area contributed by atoms with E-state index in [9.17, 15) is 18.0 Å². The fourth-order valence-electron chi connectivity index (χ4n) is 1.48. The van der Waals surface area contributed by atoms with Gasteiger partial charge in [-0.1, -0.05) is 30.3 Å². The van der Waals surface area contributed by atoms with Crippen molar-refractivity contribution < 1.29 is 18.0 Å². The zero-order valence-corrected chi connectivity index (χ0v) is 10.5. The summed E-state index contributed by atoms with van der Waals surface area (Å²) in [5, 5.41) is -0.976. The third-order valence-electron chi connectivity index (χ3n) is 2.24. The van der Waals surface area contributed by atoms with Crippen LogP contribution in [-0.2, 0) is 11.3 Å². The van der Waals surface area contributed by atoms with Crippen LogP contribution in [0.15, 0.2) is 30.3 Å². The normalized spacial score (nSPS) is 13.2. The average Bonchev–Trinajstić information content (AvgIpc) is 2.26. The van der Waals surface area contributed by atoms with Gasteiger partial charge in [0.15, 0.2) is 0 Å². The Labute approximate surface area is 108 Å². The van der Waals surface area contributed by atoms with Gasteiger partial charge in [-0.3, -0.25) is 4.79 Å². The molecule has 0 saturated heterocycles. The van der Waals surface area contributed by atoms with Crippen molar-refractivity contribution in [2.24, 2.45) is 0 Å². The summed E-state index contributed by atoms with van der Waals surface area (Å²) in [7, 11) is 0. The summed E-state index contributed by atoms with van der Waals surface area (Å²) >= 11 is 5.56. The van der Waals surface area contributed by atoms with E-state index >= 15 is 0 Å². The number of carbonyl (C=O) groups is 1. The molecular weight excluding hydrogens is 267 g/mol. The molecular formula is C12H13ClF3NO. The van der Waals surface area contributed by atoms with Gasteiger partial charge in [0.05, 0.1) is 0 Å². The number of rotatable bonds is 4. The van der Waals surface area contributed by atoms with Crippen LogP contribution in [0.3, 0.4) is 0 Å². The van der Waals surface area contributed by atoms with Crippen LogP contribution in [0.2, 0.25) is 0 Å². The summed E-state index contributed by atoms with van der Waals surface area (Å²) in [6.07, 6.45) is -4.43. The second kappa shape index (κ2) is 6.09. The van der Waals surface area contributed by atoms with E-state index in [4.69, 9.17) is 11.6 Å². The van der Waals surface area contributed by atoms with E-state index in [0.29, 0.717) is 10.5 Å². The molecule has 1 rings (SSSR count). The zero-order valence-electron chi connectivity index (χ0n) is 9.75. The molecule has 0 spiro atoms. The van der Waals surface area contributed by atoms with Crippen molar-refractivity contribution in [1.29, 1.82) is 0 Å². The standard InChI is InChI=1S/C12H13ClF3NO/c1-9(13)11(18)17(8-12(14,15)16)7-10-5-3-2-4-6-10/h2-6,9H,7-8H2,1H3. The Kier molecular flexibility index (Phi) is 5.02. The lowest BCUT2D eigenvalue weighted by Gasteiger charge is -2.25. The van der Waals surface area contributed by atoms with Gasteiger partial charge in [-0.25, -0.2) is 0 Å². The molecule has 0 fully saturated rings. The van der Waals surface area contributed by atoms with E-state index in [2.05, 4.69) is 0 Å². The van der Waals surface area contributed by atoms with Crippen LogP contribution in [0.4, 0.5) is 13.2 Å². The van der Waals surface area contributed by atoms with Gasteiger partial charge in [0, 0.05) is 6.54 Å². The first-order valence-corrected chi connectivity index (χ1v) is 5.77. The third-order valence-corrected chi connectivity index (χ3v) is 2.43. The van der Waals surface area contributed by atoms with Crippen LogP contribution in [0.5, 0.6) is 0 Å². The monoisotopic (exact) mass is 279 g/mol. The van der Waals surface area contributed by atoms with Crippen molar-refractivity contribution in [3.63, 3.8) is 0 Å². The molecule has 0 heterocycles. The summed E-state index contributed by atoms with van der Waals surface area (Å²) in [4.78, 5) is 12.3. The van der Waals surface area contributed by atoms with E-state index in [0.717, 1.165) is 0 Å². The van der Waals surface area contributed by atoms with Gasteiger partial charge in [-0.05, 0) is 12.5 Å². The molecule has 1 amide bonds. The van der Waals surface area contributed by atoms with Gasteiger partial charge in [0.2, 0.25) is 5.91 Å². The Hall–Kier alpha value is -1.23. The number of nitrogens with zero attached hydrogens (tertiary/aromatic N) is 1. The maximum atomic E-state index is 12.4. The molecule has 100 valence electrons. The van der Waals surface area contributed by atoms with Gasteiger partial charge in [0.25, 0.3) is 0 Å². The van der Waals surface area contributed by atoms with Crippen molar-refractivity contribution in [2.75, 3.05) is 6.54 Å². The predicted octanol–water partition coefficient (Wildman–Crippen LogP) is 3.20. The fourth-order valence-corrected chi connectivity index (χ4v) is 1.62. The van der Waals surface area contributed by atoms with E-state index < -0.39 is 24.0 Å². The fraction of sp³-hybridized carbons (Fsp3) is 0.417. The van der Waals surface area contributed by atoms with E-state index in [-0.39, 0.29) is 6.54 Å². The maximum Gasteiger partial charge on any atom is 0.406 e. The van der Waals surface area contributed by atoms with Crippen molar-refractivity contribution in [2.45, 2.75) is 25.0 Å². The minimum atomic E-state index is -4.43. The van der Waals surface area contributed by atoms with Crippen molar-refractivity contribution in [1.82, 2.24) is 4.90 Å². The van der Waals surface area contributed by atoms with Crippen molar-refractivity contribution in [3.8, 4) is 0 Å². The number of halogens is 4. The number of hydrogen-bond donors (Lipinski definition) is 0. The Morgan fingerprint density at radius 2 is 1.89 bits per heavy atom. The highest BCUT2D eigenvalue weighted by molar-refractivity contribution is 6.30. The summed E-state index contributed by atoms with van der Waals surface area (Å²) in [5.41, 5.74) is 0.632. The van der Waals surface area contributed by atoms with Gasteiger partial charge >= 0.3 is 6.18 Å². The van der Waals surface area contributed by atoms with Crippen LogP contribution in [0.1, 0.15) is 12.5 Å². The first kappa shape index (κ1) is 14.8. The second-order valence-corrected chi connectivity index (χ2v) is 4.57. The van der Waals surface area contributed by atoms with E-state index in [1.807, 2.05) is 0 Å². The molecule has 1 atom stereocenters. The summed E-state index contributed by atoms with van der Waals surface area (Å²) in [5.74, 6) is -0.724. The summed E-state index contributed by atoms with van der Waals surface area (Å²) < 4.78 is 37.2. The van der Waals surface area contributed by atoms with E-state index in [1.165, 1.54) is 6.92 Å². The summed E-state index contributed by atoms with van der Waals surface area (Å²) in [6.45, 7) is -0.0354. The Morgan fingerprint density at radius 3 is 2.33 bits per heavy atom. The molecule has 1 aromatic carbocycles. The Balaban J connectivity index is 2.81. The number of hydrogen-bond acceptors (Lipinski definition) is 1. The molecule has 0 N–H and O–H groups in total. The van der Waals surface area contributed by atoms with Gasteiger partial charge in [-0.2, -0.15) is 13.2 Å². The molecule has 0 aliphatic carbocycles. The lowest BCUT2D eigenvalue weighted by Crippen LogP contribution is -2.41. The van der Waals surface area contributed by atoms with Crippen molar-refractivity contribution >= 4 is 17.5 Å². The highest BCUT2D eigenvalue weighted by atomic mass is 35.5. The maximum absolute atomic E-state index is 12.4. The molecule has 6 heteroatoms. The van der Waals surface area contributed by atoms with Gasteiger partial charge in [-0.15, -0.1) is 11.6 Å². The number of amides is 1. The third kappa shape index (κ3) is 4.96. The van der Waals surface area contributed by atoms with Gasteiger partial charge < -0.3 is 4.90 Å². The van der Waals surface area contributed by atoms with Crippen molar-refractivity contribution in [3.05, 3.63) is 35.9 Å². The van der Waals surface area contributed by atoms with Crippen LogP contribution in [0.25, 0.3) is 0 Å². The number of benzene rings is 1. The highest BCUT2D eigenvalue weighted by Gasteiger charge is 2.34. The zero-order chi connectivity index (χ0) is 13.8. The first-order valence-electron chi connectivity index (χ1n) is 5.33. The van der Waals surface area contributed by atoms with E-state index in [1.54, 1.807) is 30.3 Å². The van der Waals surface area contributed by atoms with Crippen LogP contribution in [0, 0.1) is 0 Å².